The Morgan fingerprint density at radius 2 is 1.74 bits per heavy atom. The van der Waals surface area contributed by atoms with Gasteiger partial charge in [-0.15, -0.1) is 0 Å². The first-order chi connectivity index (χ1) is 10.4. The highest BCUT2D eigenvalue weighted by atomic mass is 32.5. The standard InChI is InChI=1S/C13H17F5N2OS2/c1-22-11-5-2-10(8-11)20-13(21)19-9-3-6-12(7-4-9)23(14,15,16,17)18/h3-4,6-7,10-11H,2,5,8H2,1H3,(H2,19,20,21)/t10-,11-/m0/s1. The van der Waals surface area contributed by atoms with E-state index >= 15 is 0 Å². The molecule has 23 heavy (non-hydrogen) atoms. The Hall–Kier alpha value is -1.16. The van der Waals surface area contributed by atoms with Crippen LogP contribution in [0.2, 0.25) is 0 Å². The fraction of sp³-hybridized carbons (Fsp3) is 0.462. The lowest BCUT2D eigenvalue weighted by atomic mass is 10.2. The maximum Gasteiger partial charge on any atom is 0.319 e. The number of urea groups is 1. The Balaban J connectivity index is 1.95. The molecule has 0 aromatic heterocycles. The zero-order valence-electron chi connectivity index (χ0n) is 12.2. The minimum absolute atomic E-state index is 0.0106. The van der Waals surface area contributed by atoms with Gasteiger partial charge in [-0.05, 0) is 49.8 Å². The molecule has 132 valence electrons. The van der Waals surface area contributed by atoms with Crippen LogP contribution in [0.15, 0.2) is 29.2 Å². The molecule has 0 heterocycles. The number of carbonyl (C=O) groups is 1. The molecule has 2 amide bonds. The van der Waals surface area contributed by atoms with Gasteiger partial charge in [0, 0.05) is 17.0 Å². The van der Waals surface area contributed by atoms with Crippen molar-refractivity contribution >= 4 is 33.7 Å². The van der Waals surface area contributed by atoms with Gasteiger partial charge in [0.05, 0.1) is 0 Å². The molecule has 0 radical (unpaired) electrons. The minimum atomic E-state index is -9.67. The summed E-state index contributed by atoms with van der Waals surface area (Å²) in [6.45, 7) is 0. The van der Waals surface area contributed by atoms with Crippen LogP contribution < -0.4 is 10.6 Å². The van der Waals surface area contributed by atoms with E-state index < -0.39 is 21.2 Å². The van der Waals surface area contributed by atoms with Crippen molar-refractivity contribution in [3.05, 3.63) is 24.3 Å². The van der Waals surface area contributed by atoms with E-state index in [1.807, 2.05) is 6.26 Å². The molecular weight excluding hydrogens is 359 g/mol. The Morgan fingerprint density at radius 1 is 1.13 bits per heavy atom. The summed E-state index contributed by atoms with van der Waals surface area (Å²) >= 11 is 1.72. The zero-order valence-corrected chi connectivity index (χ0v) is 13.8. The van der Waals surface area contributed by atoms with Gasteiger partial charge in [-0.1, -0.05) is 19.4 Å². The van der Waals surface area contributed by atoms with Crippen molar-refractivity contribution in [1.82, 2.24) is 5.32 Å². The van der Waals surface area contributed by atoms with Crippen LogP contribution in [0.25, 0.3) is 0 Å². The summed E-state index contributed by atoms with van der Waals surface area (Å²) in [5.41, 5.74) is 0.0208. The maximum atomic E-state index is 12.6. The van der Waals surface area contributed by atoms with Crippen LogP contribution in [-0.4, -0.2) is 23.6 Å². The normalized spacial score (nSPS) is 24.6. The van der Waals surface area contributed by atoms with Gasteiger partial charge in [0.15, 0.2) is 0 Å². The molecule has 0 unspecified atom stereocenters. The summed E-state index contributed by atoms with van der Waals surface area (Å²) < 4.78 is 62.9. The predicted octanol–water partition coefficient (Wildman–Crippen LogP) is 5.75. The summed E-state index contributed by atoms with van der Waals surface area (Å²) in [5.74, 6) is 0. The number of carbonyl (C=O) groups excluding carboxylic acids is 1. The molecule has 3 nitrogen and oxygen atoms in total. The molecule has 2 atom stereocenters. The van der Waals surface area contributed by atoms with Crippen LogP contribution in [0.4, 0.5) is 29.9 Å². The molecule has 1 fully saturated rings. The summed E-state index contributed by atoms with van der Waals surface area (Å²) in [6, 6.07) is 1.62. The van der Waals surface area contributed by atoms with Gasteiger partial charge in [0.1, 0.15) is 4.90 Å². The second-order valence-electron chi connectivity index (χ2n) is 5.46. The Kier molecular flexibility index (Phi) is 4.30. The highest BCUT2D eigenvalue weighted by Crippen LogP contribution is 3.02. The van der Waals surface area contributed by atoms with E-state index in [0.717, 1.165) is 31.4 Å². The Labute approximate surface area is 135 Å². The maximum absolute atomic E-state index is 12.6. The number of amides is 2. The first-order valence-electron chi connectivity index (χ1n) is 6.82. The first-order valence-corrected chi connectivity index (χ1v) is 10.1. The lowest BCUT2D eigenvalue weighted by Gasteiger charge is -2.40. The lowest BCUT2D eigenvalue weighted by molar-refractivity contribution is 0.248. The number of hydrogen-bond donors (Lipinski definition) is 2. The third kappa shape index (κ3) is 5.17. The molecule has 2 rings (SSSR count). The second kappa shape index (κ2) is 5.44. The molecule has 1 aliphatic carbocycles. The molecule has 1 saturated carbocycles. The van der Waals surface area contributed by atoms with Gasteiger partial charge in [-0.2, -0.15) is 11.8 Å². The molecule has 0 bridgehead atoms. The average Bonchev–Trinajstić information content (AvgIpc) is 2.84. The predicted molar refractivity (Wildman–Crippen MR) is 84.9 cm³/mol. The van der Waals surface area contributed by atoms with Crippen molar-refractivity contribution < 1.29 is 24.2 Å². The minimum Gasteiger partial charge on any atom is -0.335 e. The van der Waals surface area contributed by atoms with E-state index in [-0.39, 0.29) is 23.9 Å². The van der Waals surface area contributed by atoms with E-state index in [1.165, 1.54) is 0 Å². The van der Waals surface area contributed by atoms with Crippen LogP contribution in [0.3, 0.4) is 0 Å². The number of rotatable bonds is 4. The zero-order chi connectivity index (χ0) is 17.4. The molecule has 0 aliphatic heterocycles. The van der Waals surface area contributed by atoms with E-state index in [9.17, 15) is 24.2 Å². The molecular formula is C13H17F5N2OS2. The third-order valence-corrected chi connectivity index (χ3v) is 5.87. The molecule has 0 saturated heterocycles. The number of benzene rings is 1. The van der Waals surface area contributed by atoms with Crippen molar-refractivity contribution in [1.29, 1.82) is 0 Å². The first kappa shape index (κ1) is 18.2. The van der Waals surface area contributed by atoms with Crippen LogP contribution in [0.1, 0.15) is 19.3 Å². The summed E-state index contributed by atoms with van der Waals surface area (Å²) in [7, 11) is -9.67. The monoisotopic (exact) mass is 376 g/mol. The molecule has 1 aromatic rings. The number of anilines is 1. The topological polar surface area (TPSA) is 41.1 Å². The van der Waals surface area contributed by atoms with Crippen LogP contribution >= 0.6 is 22.0 Å². The highest BCUT2D eigenvalue weighted by Gasteiger charge is 2.65. The third-order valence-electron chi connectivity index (χ3n) is 3.61. The molecule has 10 heteroatoms. The Morgan fingerprint density at radius 3 is 2.22 bits per heavy atom. The largest absolute Gasteiger partial charge is 0.335 e. The SMILES string of the molecule is CS[C@H]1CC[C@H](NC(=O)Nc2ccc(S(F)(F)(F)(F)F)cc2)C1. The quantitative estimate of drug-likeness (QED) is 0.657. The number of nitrogens with one attached hydrogen (secondary N) is 2. The van der Waals surface area contributed by atoms with Gasteiger partial charge < -0.3 is 10.6 Å². The fourth-order valence-electron chi connectivity index (χ4n) is 2.43. The average molecular weight is 376 g/mol. The summed E-state index contributed by atoms with van der Waals surface area (Å²) in [5, 5.41) is 5.56. The number of hydrogen-bond acceptors (Lipinski definition) is 2. The van der Waals surface area contributed by atoms with E-state index in [1.54, 1.807) is 11.8 Å². The molecule has 2 N–H and O–H groups in total. The molecule has 1 aliphatic rings. The van der Waals surface area contributed by atoms with Crippen LogP contribution in [-0.2, 0) is 0 Å². The number of thioether (sulfide) groups is 1. The molecule has 1 aromatic carbocycles. The van der Waals surface area contributed by atoms with Gasteiger partial charge in [0.2, 0.25) is 0 Å². The van der Waals surface area contributed by atoms with Crippen molar-refractivity contribution in [3.8, 4) is 0 Å². The van der Waals surface area contributed by atoms with E-state index in [0.29, 0.717) is 5.25 Å². The Bertz CT molecular complexity index is 590. The summed E-state index contributed by atoms with van der Waals surface area (Å²) in [6.07, 6.45) is 4.65. The fourth-order valence-corrected chi connectivity index (χ4v) is 3.88. The van der Waals surface area contributed by atoms with Crippen LogP contribution in [0, 0.1) is 0 Å². The van der Waals surface area contributed by atoms with Crippen molar-refractivity contribution in [2.24, 2.45) is 0 Å². The second-order valence-corrected chi connectivity index (χ2v) is 9.01. The van der Waals surface area contributed by atoms with Crippen molar-refractivity contribution in [2.75, 3.05) is 11.6 Å². The smallest absolute Gasteiger partial charge is 0.319 e. The summed E-state index contributed by atoms with van der Waals surface area (Å²) in [4.78, 5) is 9.80. The van der Waals surface area contributed by atoms with E-state index in [2.05, 4.69) is 10.6 Å². The van der Waals surface area contributed by atoms with Gasteiger partial charge >= 0.3 is 16.3 Å². The van der Waals surface area contributed by atoms with Gasteiger partial charge in [0.25, 0.3) is 0 Å². The van der Waals surface area contributed by atoms with E-state index in [4.69, 9.17) is 0 Å². The van der Waals surface area contributed by atoms with Gasteiger partial charge in [-0.3, -0.25) is 0 Å². The highest BCUT2D eigenvalue weighted by molar-refractivity contribution is 8.45. The lowest BCUT2D eigenvalue weighted by Crippen LogP contribution is -2.36. The van der Waals surface area contributed by atoms with Crippen LogP contribution in [0.5, 0.6) is 0 Å². The van der Waals surface area contributed by atoms with Crippen molar-refractivity contribution in [2.45, 2.75) is 35.4 Å². The van der Waals surface area contributed by atoms with Crippen molar-refractivity contribution in [3.63, 3.8) is 0 Å². The molecule has 0 spiro atoms. The number of halogens is 5. The van der Waals surface area contributed by atoms with Gasteiger partial charge in [-0.25, -0.2) is 4.79 Å².